The zero-order chi connectivity index (χ0) is 8.97. The maximum Gasteiger partial charge on any atom is 0.516 e. The Kier molecular flexibility index (Phi) is 2.52. The number of hydrogen-bond acceptors (Lipinski definition) is 6. The minimum atomic E-state index is -0.839. The molecule has 0 aliphatic rings. The van der Waals surface area contributed by atoms with E-state index in [9.17, 15) is 4.79 Å². The molecule has 0 fully saturated rings. The number of rotatable bonds is 2. The van der Waals surface area contributed by atoms with Gasteiger partial charge >= 0.3 is 12.1 Å². The Labute approximate surface area is 68.3 Å². The van der Waals surface area contributed by atoms with E-state index in [1.54, 1.807) is 6.92 Å². The van der Waals surface area contributed by atoms with E-state index in [4.69, 9.17) is 5.73 Å². The minimum Gasteiger partial charge on any atom is -0.434 e. The normalized spacial score (nSPS) is 9.42. The van der Waals surface area contributed by atoms with Crippen molar-refractivity contribution >= 4 is 12.2 Å². The third-order valence-corrected chi connectivity index (χ3v) is 0.948. The predicted molar refractivity (Wildman–Crippen MR) is 38.6 cm³/mol. The molecule has 66 valence electrons. The second-order valence-electron chi connectivity index (χ2n) is 1.80. The molecule has 0 aliphatic heterocycles. The summed E-state index contributed by atoms with van der Waals surface area (Å²) in [5, 5.41) is 0. The number of anilines is 1. The van der Waals surface area contributed by atoms with Crippen molar-refractivity contribution in [2.24, 2.45) is 0 Å². The number of carbonyl (C=O) groups excluding carboxylic acids is 1. The van der Waals surface area contributed by atoms with Gasteiger partial charge in [0, 0.05) is 0 Å². The monoisotopic (exact) mass is 172 g/mol. The van der Waals surface area contributed by atoms with E-state index in [-0.39, 0.29) is 18.6 Å². The SMILES string of the molecule is CCOC(=O)Oc1cnc(N)o1. The van der Waals surface area contributed by atoms with Gasteiger partial charge in [0.1, 0.15) is 6.20 Å². The van der Waals surface area contributed by atoms with Crippen molar-refractivity contribution in [2.45, 2.75) is 6.92 Å². The zero-order valence-electron chi connectivity index (χ0n) is 6.44. The second kappa shape index (κ2) is 3.61. The molecule has 0 saturated heterocycles. The number of oxazole rings is 1. The molecular formula is C6H8N2O4. The van der Waals surface area contributed by atoms with Gasteiger partial charge in [0.15, 0.2) is 0 Å². The quantitative estimate of drug-likeness (QED) is 0.663. The van der Waals surface area contributed by atoms with Gasteiger partial charge < -0.3 is 19.6 Å². The van der Waals surface area contributed by atoms with E-state index in [0.29, 0.717) is 0 Å². The standard InChI is InChI=1S/C6H8N2O4/c1-2-10-6(9)12-4-3-8-5(7)11-4/h3H,2H2,1H3,(H2,7,8). The van der Waals surface area contributed by atoms with E-state index in [0.717, 1.165) is 0 Å². The van der Waals surface area contributed by atoms with Crippen molar-refractivity contribution in [1.82, 2.24) is 4.98 Å². The first-order chi connectivity index (χ1) is 5.72. The Morgan fingerprint density at radius 3 is 3.08 bits per heavy atom. The molecule has 2 N–H and O–H groups in total. The summed E-state index contributed by atoms with van der Waals surface area (Å²) >= 11 is 0. The van der Waals surface area contributed by atoms with Gasteiger partial charge in [-0.3, -0.25) is 0 Å². The average Bonchev–Trinajstić information content (AvgIpc) is 2.36. The molecule has 0 bridgehead atoms. The highest BCUT2D eigenvalue weighted by Crippen LogP contribution is 2.13. The fourth-order valence-electron chi connectivity index (χ4n) is 0.549. The van der Waals surface area contributed by atoms with Crippen LogP contribution in [0.15, 0.2) is 10.6 Å². The number of nitrogens with two attached hydrogens (primary N) is 1. The van der Waals surface area contributed by atoms with Crippen molar-refractivity contribution < 1.29 is 18.7 Å². The maximum absolute atomic E-state index is 10.6. The summed E-state index contributed by atoms with van der Waals surface area (Å²) in [6.07, 6.45) is 0.348. The molecule has 0 atom stereocenters. The number of aromatic nitrogens is 1. The summed E-state index contributed by atoms with van der Waals surface area (Å²) in [4.78, 5) is 14.2. The molecule has 0 amide bonds. The topological polar surface area (TPSA) is 87.6 Å². The predicted octanol–water partition coefficient (Wildman–Crippen LogP) is 0.792. The van der Waals surface area contributed by atoms with Gasteiger partial charge in [-0.15, -0.1) is 0 Å². The summed E-state index contributed by atoms with van der Waals surface area (Å²) in [6.45, 7) is 1.90. The van der Waals surface area contributed by atoms with Crippen LogP contribution >= 0.6 is 0 Å². The maximum atomic E-state index is 10.6. The van der Waals surface area contributed by atoms with E-state index in [1.807, 2.05) is 0 Å². The van der Waals surface area contributed by atoms with Crippen LogP contribution in [0.2, 0.25) is 0 Å². The van der Waals surface area contributed by atoms with Gasteiger partial charge in [0.05, 0.1) is 6.61 Å². The van der Waals surface area contributed by atoms with Gasteiger partial charge in [0.2, 0.25) is 0 Å². The van der Waals surface area contributed by atoms with E-state index in [2.05, 4.69) is 18.9 Å². The molecule has 1 aromatic heterocycles. The number of nitrogens with zero attached hydrogens (tertiary/aromatic N) is 1. The molecule has 0 aliphatic carbocycles. The van der Waals surface area contributed by atoms with Crippen LogP contribution in [-0.4, -0.2) is 17.7 Å². The van der Waals surface area contributed by atoms with Crippen LogP contribution in [0, 0.1) is 0 Å². The number of ether oxygens (including phenoxy) is 2. The van der Waals surface area contributed by atoms with Crippen molar-refractivity contribution in [2.75, 3.05) is 12.3 Å². The number of hydrogen-bond donors (Lipinski definition) is 1. The molecule has 0 radical (unpaired) electrons. The molecule has 6 nitrogen and oxygen atoms in total. The lowest BCUT2D eigenvalue weighted by atomic mass is 10.9. The smallest absolute Gasteiger partial charge is 0.434 e. The Morgan fingerprint density at radius 1 is 1.83 bits per heavy atom. The Hall–Kier alpha value is -1.72. The Morgan fingerprint density at radius 2 is 2.58 bits per heavy atom. The molecule has 6 heteroatoms. The summed E-state index contributed by atoms with van der Waals surface area (Å²) < 4.78 is 13.6. The summed E-state index contributed by atoms with van der Waals surface area (Å²) in [5.41, 5.74) is 5.12. The molecular weight excluding hydrogens is 164 g/mol. The second-order valence-corrected chi connectivity index (χ2v) is 1.80. The number of nitrogen functional groups attached to an aromatic ring is 1. The highest BCUT2D eigenvalue weighted by molar-refractivity contribution is 5.62. The van der Waals surface area contributed by atoms with Crippen LogP contribution in [0.4, 0.5) is 10.8 Å². The fourth-order valence-corrected chi connectivity index (χ4v) is 0.549. The lowest BCUT2D eigenvalue weighted by Crippen LogP contribution is -2.09. The van der Waals surface area contributed by atoms with Crippen LogP contribution in [-0.2, 0) is 4.74 Å². The van der Waals surface area contributed by atoms with Gasteiger partial charge in [-0.1, -0.05) is 0 Å². The van der Waals surface area contributed by atoms with Crippen LogP contribution in [0.3, 0.4) is 0 Å². The molecule has 0 saturated carbocycles. The van der Waals surface area contributed by atoms with Crippen LogP contribution in [0.5, 0.6) is 5.95 Å². The van der Waals surface area contributed by atoms with Crippen LogP contribution in [0.25, 0.3) is 0 Å². The van der Waals surface area contributed by atoms with Crippen LogP contribution < -0.4 is 10.5 Å². The average molecular weight is 172 g/mol. The molecule has 1 aromatic rings. The fraction of sp³-hybridized carbons (Fsp3) is 0.333. The van der Waals surface area contributed by atoms with Crippen molar-refractivity contribution in [1.29, 1.82) is 0 Å². The van der Waals surface area contributed by atoms with Crippen molar-refractivity contribution in [3.8, 4) is 5.95 Å². The molecule has 12 heavy (non-hydrogen) atoms. The lowest BCUT2D eigenvalue weighted by Gasteiger charge is -1.98. The van der Waals surface area contributed by atoms with Gasteiger partial charge in [-0.05, 0) is 6.92 Å². The first-order valence-electron chi connectivity index (χ1n) is 3.28. The molecule has 0 unspecified atom stereocenters. The molecule has 1 rings (SSSR count). The first kappa shape index (κ1) is 8.38. The third kappa shape index (κ3) is 2.15. The molecule has 0 aromatic carbocycles. The summed E-state index contributed by atoms with van der Waals surface area (Å²) in [6, 6.07) is -0.0608. The van der Waals surface area contributed by atoms with E-state index in [1.165, 1.54) is 6.20 Å². The van der Waals surface area contributed by atoms with Gasteiger partial charge in [-0.25, -0.2) is 4.79 Å². The van der Waals surface area contributed by atoms with E-state index < -0.39 is 6.16 Å². The van der Waals surface area contributed by atoms with Gasteiger partial charge in [0.25, 0.3) is 6.01 Å². The van der Waals surface area contributed by atoms with Crippen molar-refractivity contribution in [3.05, 3.63) is 6.20 Å². The van der Waals surface area contributed by atoms with Crippen molar-refractivity contribution in [3.63, 3.8) is 0 Å². The number of carbonyl (C=O) groups is 1. The largest absolute Gasteiger partial charge is 0.516 e. The minimum absolute atomic E-state index is 0.0608. The lowest BCUT2D eigenvalue weighted by molar-refractivity contribution is 0.0953. The van der Waals surface area contributed by atoms with Gasteiger partial charge in [-0.2, -0.15) is 4.98 Å². The summed E-state index contributed by atoms with van der Waals surface area (Å²) in [5.74, 6) is -0.0778. The Balaban J connectivity index is 2.46. The highest BCUT2D eigenvalue weighted by atomic mass is 16.8. The highest BCUT2D eigenvalue weighted by Gasteiger charge is 2.08. The zero-order valence-corrected chi connectivity index (χ0v) is 6.44. The molecule has 1 heterocycles. The Bertz CT molecular complexity index is 270. The first-order valence-corrected chi connectivity index (χ1v) is 3.28. The van der Waals surface area contributed by atoms with E-state index >= 15 is 0 Å². The third-order valence-electron chi connectivity index (χ3n) is 0.948. The summed E-state index contributed by atoms with van der Waals surface area (Å²) in [7, 11) is 0. The molecule has 0 spiro atoms. The van der Waals surface area contributed by atoms with Crippen LogP contribution in [0.1, 0.15) is 6.92 Å².